The fourth-order valence-electron chi connectivity index (χ4n) is 1.26. The summed E-state index contributed by atoms with van der Waals surface area (Å²) < 4.78 is 0. The van der Waals surface area contributed by atoms with E-state index in [1.54, 1.807) is 0 Å². The maximum atomic E-state index is 6.19. The molecule has 0 N–H and O–H groups in total. The van der Waals surface area contributed by atoms with Gasteiger partial charge in [0.1, 0.15) is 0 Å². The van der Waals surface area contributed by atoms with Crippen molar-refractivity contribution in [3.63, 3.8) is 0 Å². The third kappa shape index (κ3) is 2.73. The van der Waals surface area contributed by atoms with Crippen LogP contribution < -0.4 is 0 Å². The Bertz CT molecular complexity index is 264. The average molecular weight is 197 g/mol. The van der Waals surface area contributed by atoms with E-state index in [0.29, 0.717) is 5.92 Å². The highest BCUT2D eigenvalue weighted by molar-refractivity contribution is 6.23. The van der Waals surface area contributed by atoms with Crippen LogP contribution >= 0.6 is 11.6 Å². The molecular formula is C12H17Cl. The molecule has 0 aromatic heterocycles. The van der Waals surface area contributed by atoms with Gasteiger partial charge in [-0.2, -0.15) is 0 Å². The lowest BCUT2D eigenvalue weighted by Crippen LogP contribution is -2.07. The second-order valence-corrected chi connectivity index (χ2v) is 5.19. The number of hydrogen-bond donors (Lipinski definition) is 0. The normalized spacial score (nSPS) is 12.2. The molecule has 0 aliphatic rings. The zero-order chi connectivity index (χ0) is 10.1. The summed E-state index contributed by atoms with van der Waals surface area (Å²) in [4.78, 5) is -0.254. The Morgan fingerprint density at radius 1 is 1.08 bits per heavy atom. The van der Waals surface area contributed by atoms with Crippen molar-refractivity contribution in [3.8, 4) is 0 Å². The molecule has 72 valence electrons. The van der Waals surface area contributed by atoms with Crippen molar-refractivity contribution in [2.75, 3.05) is 0 Å². The van der Waals surface area contributed by atoms with E-state index in [1.165, 1.54) is 11.1 Å². The van der Waals surface area contributed by atoms with Gasteiger partial charge in [-0.15, -0.1) is 11.6 Å². The quantitative estimate of drug-likeness (QED) is 0.620. The van der Waals surface area contributed by atoms with Crippen molar-refractivity contribution in [2.24, 2.45) is 0 Å². The summed E-state index contributed by atoms with van der Waals surface area (Å²) in [6, 6.07) is 8.54. The van der Waals surface area contributed by atoms with Gasteiger partial charge in [0.05, 0.1) is 4.87 Å². The van der Waals surface area contributed by atoms with Crippen molar-refractivity contribution in [1.29, 1.82) is 0 Å². The molecule has 0 saturated heterocycles. The van der Waals surface area contributed by atoms with E-state index in [4.69, 9.17) is 11.6 Å². The Labute approximate surface area is 85.9 Å². The van der Waals surface area contributed by atoms with Crippen LogP contribution in [0.1, 0.15) is 44.7 Å². The van der Waals surface area contributed by atoms with Crippen LogP contribution in [-0.2, 0) is 4.87 Å². The Morgan fingerprint density at radius 3 is 1.85 bits per heavy atom. The molecule has 0 nitrogen and oxygen atoms in total. The Balaban J connectivity index is 2.94. The molecule has 0 spiro atoms. The fourth-order valence-corrected chi connectivity index (χ4v) is 1.39. The molecule has 0 radical (unpaired) electrons. The number of hydrogen-bond acceptors (Lipinski definition) is 0. The zero-order valence-corrected chi connectivity index (χ0v) is 9.52. The van der Waals surface area contributed by atoms with Gasteiger partial charge in [0, 0.05) is 0 Å². The third-order valence-corrected chi connectivity index (χ3v) is 2.48. The van der Waals surface area contributed by atoms with Crippen LogP contribution in [-0.4, -0.2) is 0 Å². The topological polar surface area (TPSA) is 0 Å². The van der Waals surface area contributed by atoms with Crippen LogP contribution in [0.25, 0.3) is 0 Å². The first-order valence-corrected chi connectivity index (χ1v) is 5.08. The smallest absolute Gasteiger partial charge is 0.0638 e. The van der Waals surface area contributed by atoms with E-state index >= 15 is 0 Å². The van der Waals surface area contributed by atoms with Crippen LogP contribution in [0.15, 0.2) is 24.3 Å². The standard InChI is InChI=1S/C12H17Cl/c1-9(2)10-5-7-11(8-6-10)12(3,4)13/h5-9H,1-4H3. The number of benzene rings is 1. The van der Waals surface area contributed by atoms with E-state index in [-0.39, 0.29) is 4.87 Å². The minimum Gasteiger partial charge on any atom is -0.115 e. The van der Waals surface area contributed by atoms with Crippen molar-refractivity contribution >= 4 is 11.6 Å². The molecule has 0 amide bonds. The lowest BCUT2D eigenvalue weighted by Gasteiger charge is -2.17. The van der Waals surface area contributed by atoms with Gasteiger partial charge in [0.2, 0.25) is 0 Å². The van der Waals surface area contributed by atoms with Crippen LogP contribution in [0.4, 0.5) is 0 Å². The maximum Gasteiger partial charge on any atom is 0.0638 e. The molecule has 1 aromatic carbocycles. The SMILES string of the molecule is CC(C)c1ccc(C(C)(C)Cl)cc1. The summed E-state index contributed by atoms with van der Waals surface area (Å²) in [5, 5.41) is 0. The summed E-state index contributed by atoms with van der Waals surface area (Å²) >= 11 is 6.19. The number of alkyl halides is 1. The summed E-state index contributed by atoms with van der Waals surface area (Å²) in [6.07, 6.45) is 0. The van der Waals surface area contributed by atoms with Gasteiger partial charge in [-0.25, -0.2) is 0 Å². The zero-order valence-electron chi connectivity index (χ0n) is 8.76. The molecule has 0 aliphatic heterocycles. The van der Waals surface area contributed by atoms with Gasteiger partial charge >= 0.3 is 0 Å². The molecule has 0 saturated carbocycles. The molecule has 13 heavy (non-hydrogen) atoms. The Kier molecular flexibility index (Phi) is 3.02. The molecule has 0 aliphatic carbocycles. The van der Waals surface area contributed by atoms with Crippen molar-refractivity contribution in [2.45, 2.75) is 38.5 Å². The van der Waals surface area contributed by atoms with E-state index in [0.717, 1.165) is 0 Å². The molecule has 1 aromatic rings. The average Bonchev–Trinajstić information content (AvgIpc) is 2.03. The van der Waals surface area contributed by atoms with Crippen molar-refractivity contribution < 1.29 is 0 Å². The minimum atomic E-state index is -0.254. The second kappa shape index (κ2) is 3.71. The van der Waals surface area contributed by atoms with Crippen LogP contribution in [0.3, 0.4) is 0 Å². The molecule has 0 atom stereocenters. The van der Waals surface area contributed by atoms with Gasteiger partial charge in [-0.05, 0) is 30.9 Å². The van der Waals surface area contributed by atoms with E-state index < -0.39 is 0 Å². The lowest BCUT2D eigenvalue weighted by molar-refractivity contribution is 0.763. The molecular weight excluding hydrogens is 180 g/mol. The summed E-state index contributed by atoms with van der Waals surface area (Å²) in [6.45, 7) is 8.42. The van der Waals surface area contributed by atoms with E-state index in [2.05, 4.69) is 38.1 Å². The highest BCUT2D eigenvalue weighted by Crippen LogP contribution is 2.28. The molecule has 0 bridgehead atoms. The number of rotatable bonds is 2. The molecule has 1 heteroatoms. The van der Waals surface area contributed by atoms with Crippen molar-refractivity contribution in [1.82, 2.24) is 0 Å². The van der Waals surface area contributed by atoms with Gasteiger partial charge in [-0.1, -0.05) is 38.1 Å². The van der Waals surface area contributed by atoms with Gasteiger partial charge < -0.3 is 0 Å². The monoisotopic (exact) mass is 196 g/mol. The molecule has 0 fully saturated rings. The first-order chi connectivity index (χ1) is 5.91. The van der Waals surface area contributed by atoms with E-state index in [9.17, 15) is 0 Å². The fraction of sp³-hybridized carbons (Fsp3) is 0.500. The summed E-state index contributed by atoms with van der Waals surface area (Å²) in [5.74, 6) is 0.590. The molecule has 0 unspecified atom stereocenters. The first-order valence-electron chi connectivity index (χ1n) is 4.70. The highest BCUT2D eigenvalue weighted by Gasteiger charge is 2.15. The highest BCUT2D eigenvalue weighted by atomic mass is 35.5. The Hall–Kier alpha value is -0.490. The van der Waals surface area contributed by atoms with Crippen molar-refractivity contribution in [3.05, 3.63) is 35.4 Å². The maximum absolute atomic E-state index is 6.19. The first kappa shape index (κ1) is 10.6. The minimum absolute atomic E-state index is 0.254. The largest absolute Gasteiger partial charge is 0.115 e. The van der Waals surface area contributed by atoms with Gasteiger partial charge in [-0.3, -0.25) is 0 Å². The predicted molar refractivity (Wildman–Crippen MR) is 59.4 cm³/mol. The van der Waals surface area contributed by atoms with Crippen LogP contribution in [0, 0.1) is 0 Å². The predicted octanol–water partition coefficient (Wildman–Crippen LogP) is 4.28. The lowest BCUT2D eigenvalue weighted by atomic mass is 9.97. The van der Waals surface area contributed by atoms with Crippen LogP contribution in [0.5, 0.6) is 0 Å². The van der Waals surface area contributed by atoms with Gasteiger partial charge in [0.15, 0.2) is 0 Å². The van der Waals surface area contributed by atoms with Crippen LogP contribution in [0.2, 0.25) is 0 Å². The summed E-state index contributed by atoms with van der Waals surface area (Å²) in [7, 11) is 0. The summed E-state index contributed by atoms with van der Waals surface area (Å²) in [5.41, 5.74) is 2.54. The second-order valence-electron chi connectivity index (χ2n) is 4.25. The molecule has 1 rings (SSSR count). The van der Waals surface area contributed by atoms with E-state index in [1.807, 2.05) is 13.8 Å². The molecule has 0 heterocycles. The Morgan fingerprint density at radius 2 is 1.54 bits per heavy atom. The van der Waals surface area contributed by atoms with Gasteiger partial charge in [0.25, 0.3) is 0 Å². The number of halogens is 1. The third-order valence-electron chi connectivity index (χ3n) is 2.26.